The van der Waals surface area contributed by atoms with Gasteiger partial charge in [0.05, 0.1) is 15.6 Å². The summed E-state index contributed by atoms with van der Waals surface area (Å²) in [6.07, 6.45) is 2.23. The molecule has 2 nitrogen and oxygen atoms in total. The van der Waals surface area contributed by atoms with Gasteiger partial charge in [-0.05, 0) is 42.3 Å². The molecule has 0 bridgehead atoms. The Morgan fingerprint density at radius 3 is 2.48 bits per heavy atom. The predicted molar refractivity (Wildman–Crippen MR) is 80.1 cm³/mol. The molecule has 21 heavy (non-hydrogen) atoms. The monoisotopic (exact) mass is 302 g/mol. The lowest BCUT2D eigenvalue weighted by molar-refractivity contribution is 0.584. The average molecular weight is 302 g/mol. The van der Waals surface area contributed by atoms with Crippen molar-refractivity contribution < 1.29 is 8.78 Å². The van der Waals surface area contributed by atoms with E-state index in [2.05, 4.69) is 9.97 Å². The summed E-state index contributed by atoms with van der Waals surface area (Å²) in [5.74, 6) is -0.815. The first-order valence-corrected chi connectivity index (χ1v) is 7.36. The minimum atomic E-state index is -0.524. The summed E-state index contributed by atoms with van der Waals surface area (Å²) in [4.78, 5) is 9.04. The number of rotatable bonds is 3. The Kier molecular flexibility index (Phi) is 3.75. The molecular weight excluding hydrogens is 290 g/mol. The maximum atomic E-state index is 13.4. The first-order chi connectivity index (χ1) is 10.2. The zero-order chi connectivity index (χ0) is 14.8. The van der Waals surface area contributed by atoms with E-state index < -0.39 is 5.95 Å². The number of halogens is 2. The minimum Gasteiger partial charge on any atom is -0.241 e. The van der Waals surface area contributed by atoms with E-state index in [4.69, 9.17) is 0 Å². The number of aryl methyl sites for hydroxylation is 1. The molecule has 0 atom stereocenters. The number of hydrogen-bond donors (Lipinski definition) is 0. The van der Waals surface area contributed by atoms with Gasteiger partial charge >= 0.3 is 0 Å². The molecule has 3 rings (SSSR count). The Morgan fingerprint density at radius 1 is 1.05 bits per heavy atom. The van der Waals surface area contributed by atoms with Gasteiger partial charge in [0.25, 0.3) is 0 Å². The summed E-state index contributed by atoms with van der Waals surface area (Å²) in [5.41, 5.74) is 2.31. The second-order valence-corrected chi connectivity index (χ2v) is 5.60. The lowest BCUT2D eigenvalue weighted by atomic mass is 10.1. The third-order valence-corrected chi connectivity index (χ3v) is 4.33. The van der Waals surface area contributed by atoms with E-state index in [-0.39, 0.29) is 5.82 Å². The smallest absolute Gasteiger partial charge is 0.213 e. The zero-order valence-corrected chi connectivity index (χ0v) is 12.1. The van der Waals surface area contributed by atoms with Crippen LogP contribution in [0.1, 0.15) is 11.9 Å². The second-order valence-electron chi connectivity index (χ2n) is 4.51. The van der Waals surface area contributed by atoms with Gasteiger partial charge in [-0.2, -0.15) is 4.39 Å². The van der Waals surface area contributed by atoms with Gasteiger partial charge in [0, 0.05) is 17.8 Å². The Morgan fingerprint density at radius 2 is 1.81 bits per heavy atom. The van der Waals surface area contributed by atoms with Gasteiger partial charge in [-0.1, -0.05) is 6.92 Å². The van der Waals surface area contributed by atoms with Crippen molar-refractivity contribution in [2.75, 3.05) is 0 Å². The number of thiazole rings is 1. The van der Waals surface area contributed by atoms with Crippen LogP contribution in [0.2, 0.25) is 0 Å². The van der Waals surface area contributed by atoms with Crippen molar-refractivity contribution in [3.05, 3.63) is 59.4 Å². The first-order valence-electron chi connectivity index (χ1n) is 6.55. The summed E-state index contributed by atoms with van der Waals surface area (Å²) < 4.78 is 26.4. The molecule has 0 aliphatic rings. The molecule has 0 unspecified atom stereocenters. The Bertz CT molecular complexity index is 766. The van der Waals surface area contributed by atoms with Crippen LogP contribution in [-0.2, 0) is 6.42 Å². The third kappa shape index (κ3) is 2.83. The van der Waals surface area contributed by atoms with Crippen molar-refractivity contribution in [2.45, 2.75) is 13.3 Å². The van der Waals surface area contributed by atoms with Gasteiger partial charge in [0.2, 0.25) is 5.95 Å². The summed E-state index contributed by atoms with van der Waals surface area (Å²) in [7, 11) is 0. The molecule has 3 aromatic rings. The number of nitrogens with zero attached hydrogens (tertiary/aromatic N) is 2. The normalized spacial score (nSPS) is 10.8. The van der Waals surface area contributed by atoms with Crippen LogP contribution in [-0.4, -0.2) is 9.97 Å². The zero-order valence-electron chi connectivity index (χ0n) is 11.3. The molecule has 0 aliphatic heterocycles. The molecule has 2 aromatic heterocycles. The molecule has 0 saturated heterocycles. The van der Waals surface area contributed by atoms with E-state index in [1.807, 2.05) is 6.92 Å². The van der Waals surface area contributed by atoms with Crippen LogP contribution in [0.25, 0.3) is 21.7 Å². The Balaban J connectivity index is 2.16. The van der Waals surface area contributed by atoms with E-state index in [9.17, 15) is 8.78 Å². The van der Waals surface area contributed by atoms with Gasteiger partial charge in [-0.3, -0.25) is 0 Å². The van der Waals surface area contributed by atoms with Gasteiger partial charge in [-0.15, -0.1) is 11.3 Å². The van der Waals surface area contributed by atoms with Crippen molar-refractivity contribution in [2.24, 2.45) is 0 Å². The first kappa shape index (κ1) is 13.8. The standard InChI is InChI=1S/C16H12F2N2S/c1-2-14-20-15(10-3-5-12(17)6-4-10)16(21-14)11-7-8-19-13(18)9-11/h3-9H,2H2,1H3. The van der Waals surface area contributed by atoms with Crippen LogP contribution in [0.15, 0.2) is 42.6 Å². The highest BCUT2D eigenvalue weighted by Gasteiger charge is 2.15. The highest BCUT2D eigenvalue weighted by atomic mass is 32.1. The van der Waals surface area contributed by atoms with Crippen LogP contribution < -0.4 is 0 Å². The molecule has 5 heteroatoms. The maximum absolute atomic E-state index is 13.4. The highest BCUT2D eigenvalue weighted by molar-refractivity contribution is 7.15. The molecule has 0 aliphatic carbocycles. The van der Waals surface area contributed by atoms with Crippen molar-refractivity contribution in [3.63, 3.8) is 0 Å². The molecule has 0 amide bonds. The number of pyridine rings is 1. The van der Waals surface area contributed by atoms with E-state index >= 15 is 0 Å². The van der Waals surface area contributed by atoms with Gasteiger partial charge in [-0.25, -0.2) is 14.4 Å². The quantitative estimate of drug-likeness (QED) is 0.655. The number of aromatic nitrogens is 2. The lowest BCUT2D eigenvalue weighted by Gasteiger charge is -2.03. The predicted octanol–water partition coefficient (Wildman–Crippen LogP) is 4.71. The van der Waals surface area contributed by atoms with Crippen LogP contribution in [0.5, 0.6) is 0 Å². The van der Waals surface area contributed by atoms with Gasteiger partial charge in [0.15, 0.2) is 0 Å². The van der Waals surface area contributed by atoms with Crippen LogP contribution >= 0.6 is 11.3 Å². The number of hydrogen-bond acceptors (Lipinski definition) is 3. The summed E-state index contributed by atoms with van der Waals surface area (Å²) in [6.45, 7) is 2.02. The topological polar surface area (TPSA) is 25.8 Å². The lowest BCUT2D eigenvalue weighted by Crippen LogP contribution is -1.86. The molecule has 1 aromatic carbocycles. The molecule has 0 spiro atoms. The largest absolute Gasteiger partial charge is 0.241 e. The molecule has 2 heterocycles. The summed E-state index contributed by atoms with van der Waals surface area (Å²) >= 11 is 1.52. The van der Waals surface area contributed by atoms with Crippen LogP contribution in [0.3, 0.4) is 0 Å². The fourth-order valence-corrected chi connectivity index (χ4v) is 3.08. The molecule has 106 valence electrons. The maximum Gasteiger partial charge on any atom is 0.213 e. The van der Waals surface area contributed by atoms with Gasteiger partial charge in [0.1, 0.15) is 5.82 Å². The van der Waals surface area contributed by atoms with Crippen molar-refractivity contribution in [3.8, 4) is 21.7 Å². The van der Waals surface area contributed by atoms with Crippen LogP contribution in [0.4, 0.5) is 8.78 Å². The third-order valence-electron chi connectivity index (χ3n) is 3.08. The summed E-state index contributed by atoms with van der Waals surface area (Å²) in [6, 6.07) is 9.31. The number of benzene rings is 1. The Labute approximate surface area is 125 Å². The summed E-state index contributed by atoms with van der Waals surface area (Å²) in [5, 5.41) is 0.960. The van der Waals surface area contributed by atoms with Crippen molar-refractivity contribution in [1.29, 1.82) is 0 Å². The molecule has 0 fully saturated rings. The van der Waals surface area contributed by atoms with E-state index in [0.717, 1.165) is 33.1 Å². The molecule has 0 N–H and O–H groups in total. The van der Waals surface area contributed by atoms with E-state index in [1.165, 1.54) is 35.7 Å². The average Bonchev–Trinajstić information content (AvgIpc) is 2.92. The van der Waals surface area contributed by atoms with Crippen molar-refractivity contribution >= 4 is 11.3 Å². The van der Waals surface area contributed by atoms with E-state index in [1.54, 1.807) is 18.2 Å². The SMILES string of the molecule is CCc1nc(-c2ccc(F)cc2)c(-c2ccnc(F)c2)s1. The second kappa shape index (κ2) is 5.69. The minimum absolute atomic E-state index is 0.291. The molecular formula is C16H12F2N2S. The van der Waals surface area contributed by atoms with Crippen LogP contribution in [0, 0.1) is 11.8 Å². The molecule has 0 saturated carbocycles. The fourth-order valence-electron chi connectivity index (χ4n) is 2.06. The highest BCUT2D eigenvalue weighted by Crippen LogP contribution is 2.37. The fraction of sp³-hybridized carbons (Fsp3) is 0.125. The Hall–Kier alpha value is -2.14. The van der Waals surface area contributed by atoms with Gasteiger partial charge < -0.3 is 0 Å². The molecule has 0 radical (unpaired) electrons. The van der Waals surface area contributed by atoms with E-state index in [0.29, 0.717) is 0 Å². The van der Waals surface area contributed by atoms with Crippen molar-refractivity contribution in [1.82, 2.24) is 9.97 Å².